The van der Waals surface area contributed by atoms with Gasteiger partial charge in [0, 0.05) is 18.8 Å². The van der Waals surface area contributed by atoms with Gasteiger partial charge in [-0.05, 0) is 62.8 Å². The molecule has 1 saturated carbocycles. The van der Waals surface area contributed by atoms with Gasteiger partial charge in [0.1, 0.15) is 0 Å². The van der Waals surface area contributed by atoms with Gasteiger partial charge in [-0.2, -0.15) is 0 Å². The Morgan fingerprint density at radius 2 is 1.53 bits per heavy atom. The van der Waals surface area contributed by atoms with Gasteiger partial charge < -0.3 is 10.0 Å². The third kappa shape index (κ3) is 3.01. The molecule has 2 rings (SSSR count). The molecular weight excluding hydrogens is 210 g/mol. The number of aryl methyl sites for hydroxylation is 2. The Balaban J connectivity index is 2.10. The predicted octanol–water partition coefficient (Wildman–Crippen LogP) is 3.04. The molecule has 94 valence electrons. The standard InChI is InChI=1S/C15H23NO/c1-11-8-12(2)10-14(9-11)16(3)13-4-6-15(17)7-5-13/h8-10,13,15,17H,4-7H2,1-3H3. The third-order valence-corrected chi connectivity index (χ3v) is 3.83. The van der Waals surface area contributed by atoms with Gasteiger partial charge in [-0.1, -0.05) is 6.07 Å². The SMILES string of the molecule is Cc1cc(C)cc(N(C)C2CCC(O)CC2)c1. The number of nitrogens with zero attached hydrogens (tertiary/aromatic N) is 1. The molecule has 0 heterocycles. The highest BCUT2D eigenvalue weighted by atomic mass is 16.3. The van der Waals surface area contributed by atoms with Crippen LogP contribution in [0.15, 0.2) is 18.2 Å². The van der Waals surface area contributed by atoms with Gasteiger partial charge in [0.05, 0.1) is 6.10 Å². The van der Waals surface area contributed by atoms with E-state index in [4.69, 9.17) is 0 Å². The highest BCUT2D eigenvalue weighted by Crippen LogP contribution is 2.27. The summed E-state index contributed by atoms with van der Waals surface area (Å²) in [5, 5.41) is 9.55. The van der Waals surface area contributed by atoms with Crippen molar-refractivity contribution in [3.05, 3.63) is 29.3 Å². The van der Waals surface area contributed by atoms with Crippen LogP contribution in [0.4, 0.5) is 5.69 Å². The van der Waals surface area contributed by atoms with Crippen LogP contribution in [-0.4, -0.2) is 24.3 Å². The Morgan fingerprint density at radius 1 is 1.00 bits per heavy atom. The Bertz CT molecular complexity index is 360. The summed E-state index contributed by atoms with van der Waals surface area (Å²) in [5.74, 6) is 0. The highest BCUT2D eigenvalue weighted by Gasteiger charge is 2.22. The molecule has 0 aliphatic heterocycles. The lowest BCUT2D eigenvalue weighted by Crippen LogP contribution is -2.36. The minimum atomic E-state index is -0.0705. The number of aliphatic hydroxyl groups is 1. The van der Waals surface area contributed by atoms with Gasteiger partial charge in [-0.25, -0.2) is 0 Å². The summed E-state index contributed by atoms with van der Waals surface area (Å²) in [5.41, 5.74) is 3.95. The largest absolute Gasteiger partial charge is 0.393 e. The molecule has 17 heavy (non-hydrogen) atoms. The molecule has 0 atom stereocenters. The van der Waals surface area contributed by atoms with E-state index in [-0.39, 0.29) is 6.10 Å². The Hall–Kier alpha value is -1.02. The number of anilines is 1. The van der Waals surface area contributed by atoms with Crippen LogP contribution in [0.25, 0.3) is 0 Å². The highest BCUT2D eigenvalue weighted by molar-refractivity contribution is 5.51. The second-order valence-corrected chi connectivity index (χ2v) is 5.42. The smallest absolute Gasteiger partial charge is 0.0541 e. The van der Waals surface area contributed by atoms with Crippen molar-refractivity contribution in [3.63, 3.8) is 0 Å². The van der Waals surface area contributed by atoms with Gasteiger partial charge in [0.15, 0.2) is 0 Å². The summed E-state index contributed by atoms with van der Waals surface area (Å²) in [4.78, 5) is 2.38. The van der Waals surface area contributed by atoms with E-state index in [1.807, 2.05) is 0 Å². The summed E-state index contributed by atoms with van der Waals surface area (Å²) in [6.45, 7) is 4.30. The maximum Gasteiger partial charge on any atom is 0.0541 e. The number of rotatable bonds is 2. The molecule has 2 heteroatoms. The summed E-state index contributed by atoms with van der Waals surface area (Å²) in [7, 11) is 2.18. The summed E-state index contributed by atoms with van der Waals surface area (Å²) in [6.07, 6.45) is 4.02. The monoisotopic (exact) mass is 233 g/mol. The molecule has 0 amide bonds. The van der Waals surface area contributed by atoms with Crippen LogP contribution in [-0.2, 0) is 0 Å². The van der Waals surface area contributed by atoms with Crippen LogP contribution in [0.1, 0.15) is 36.8 Å². The molecule has 1 aromatic carbocycles. The van der Waals surface area contributed by atoms with E-state index in [2.05, 4.69) is 44.0 Å². The van der Waals surface area contributed by atoms with Crippen LogP contribution in [0, 0.1) is 13.8 Å². The molecule has 0 spiro atoms. The number of aliphatic hydroxyl groups excluding tert-OH is 1. The summed E-state index contributed by atoms with van der Waals surface area (Å²) >= 11 is 0. The number of hydrogen-bond acceptors (Lipinski definition) is 2. The van der Waals surface area contributed by atoms with E-state index >= 15 is 0 Å². The van der Waals surface area contributed by atoms with Crippen molar-refractivity contribution >= 4 is 5.69 Å². The van der Waals surface area contributed by atoms with Gasteiger partial charge >= 0.3 is 0 Å². The van der Waals surface area contributed by atoms with E-state index in [0.29, 0.717) is 6.04 Å². The number of benzene rings is 1. The lowest BCUT2D eigenvalue weighted by Gasteiger charge is -2.35. The molecule has 0 saturated heterocycles. The molecule has 1 N–H and O–H groups in total. The van der Waals surface area contributed by atoms with Gasteiger partial charge in [-0.3, -0.25) is 0 Å². The van der Waals surface area contributed by atoms with Crippen LogP contribution < -0.4 is 4.90 Å². The minimum Gasteiger partial charge on any atom is -0.393 e. The molecule has 1 aliphatic rings. The quantitative estimate of drug-likeness (QED) is 0.848. The fourth-order valence-corrected chi connectivity index (χ4v) is 2.81. The van der Waals surface area contributed by atoms with Crippen molar-refractivity contribution in [2.45, 2.75) is 51.7 Å². The first kappa shape index (κ1) is 12.4. The zero-order valence-corrected chi connectivity index (χ0v) is 11.1. The van der Waals surface area contributed by atoms with Gasteiger partial charge in [0.2, 0.25) is 0 Å². The topological polar surface area (TPSA) is 23.5 Å². The van der Waals surface area contributed by atoms with Crippen molar-refractivity contribution in [1.29, 1.82) is 0 Å². The maximum atomic E-state index is 9.55. The zero-order chi connectivity index (χ0) is 12.4. The molecule has 1 fully saturated rings. The van der Waals surface area contributed by atoms with Crippen molar-refractivity contribution < 1.29 is 5.11 Å². The predicted molar refractivity (Wildman–Crippen MR) is 72.6 cm³/mol. The van der Waals surface area contributed by atoms with Gasteiger partial charge in [0.25, 0.3) is 0 Å². The van der Waals surface area contributed by atoms with Crippen LogP contribution in [0.3, 0.4) is 0 Å². The Morgan fingerprint density at radius 3 is 2.06 bits per heavy atom. The van der Waals surface area contributed by atoms with E-state index in [0.717, 1.165) is 25.7 Å². The van der Waals surface area contributed by atoms with Gasteiger partial charge in [-0.15, -0.1) is 0 Å². The fourth-order valence-electron chi connectivity index (χ4n) is 2.81. The van der Waals surface area contributed by atoms with E-state index in [1.165, 1.54) is 16.8 Å². The second-order valence-electron chi connectivity index (χ2n) is 5.42. The molecule has 1 aromatic rings. The van der Waals surface area contributed by atoms with Crippen molar-refractivity contribution in [2.75, 3.05) is 11.9 Å². The molecular formula is C15H23NO. The van der Waals surface area contributed by atoms with Crippen LogP contribution in [0.5, 0.6) is 0 Å². The van der Waals surface area contributed by atoms with E-state index < -0.39 is 0 Å². The molecule has 0 bridgehead atoms. The lowest BCUT2D eigenvalue weighted by molar-refractivity contribution is 0.122. The summed E-state index contributed by atoms with van der Waals surface area (Å²) < 4.78 is 0. The summed E-state index contributed by atoms with van der Waals surface area (Å²) in [6, 6.07) is 7.29. The molecule has 0 radical (unpaired) electrons. The molecule has 1 aliphatic carbocycles. The zero-order valence-electron chi connectivity index (χ0n) is 11.1. The fraction of sp³-hybridized carbons (Fsp3) is 0.600. The molecule has 0 aromatic heterocycles. The van der Waals surface area contributed by atoms with E-state index in [1.54, 1.807) is 0 Å². The first-order chi connectivity index (χ1) is 8.06. The first-order valence-electron chi connectivity index (χ1n) is 6.55. The second kappa shape index (κ2) is 5.09. The average molecular weight is 233 g/mol. The van der Waals surface area contributed by atoms with Crippen molar-refractivity contribution in [3.8, 4) is 0 Å². The first-order valence-corrected chi connectivity index (χ1v) is 6.55. The number of hydrogen-bond donors (Lipinski definition) is 1. The maximum absolute atomic E-state index is 9.55. The Labute approximate surface area is 104 Å². The van der Waals surface area contributed by atoms with Crippen LogP contribution >= 0.6 is 0 Å². The Kier molecular flexibility index (Phi) is 3.72. The third-order valence-electron chi connectivity index (χ3n) is 3.83. The molecule has 0 unspecified atom stereocenters. The van der Waals surface area contributed by atoms with Crippen molar-refractivity contribution in [1.82, 2.24) is 0 Å². The lowest BCUT2D eigenvalue weighted by atomic mass is 9.92. The normalized spacial score (nSPS) is 24.7. The minimum absolute atomic E-state index is 0.0705. The van der Waals surface area contributed by atoms with Crippen LogP contribution in [0.2, 0.25) is 0 Å². The average Bonchev–Trinajstić information content (AvgIpc) is 2.28. The van der Waals surface area contributed by atoms with Crippen molar-refractivity contribution in [2.24, 2.45) is 0 Å². The molecule has 2 nitrogen and oxygen atoms in total. The van der Waals surface area contributed by atoms with E-state index in [9.17, 15) is 5.11 Å².